The normalized spacial score (nSPS) is 13.4. The van der Waals surface area contributed by atoms with Gasteiger partial charge in [0.2, 0.25) is 0 Å². The second kappa shape index (κ2) is 7.07. The molecule has 0 radical (unpaired) electrons. The molecule has 1 aromatic carbocycles. The second-order valence-electron chi connectivity index (χ2n) is 7.06. The molecule has 0 fully saturated rings. The van der Waals surface area contributed by atoms with Gasteiger partial charge in [0.25, 0.3) is 0 Å². The third kappa shape index (κ3) is 6.32. The zero-order chi connectivity index (χ0) is 16.1. The fourth-order valence-corrected chi connectivity index (χ4v) is 4.69. The van der Waals surface area contributed by atoms with E-state index in [9.17, 15) is 8.42 Å². The first-order chi connectivity index (χ1) is 9.54. The largest absolute Gasteiger partial charge is 0.403 e. The summed E-state index contributed by atoms with van der Waals surface area (Å²) in [6, 6.07) is 9.97. The van der Waals surface area contributed by atoms with E-state index >= 15 is 0 Å². The van der Waals surface area contributed by atoms with Gasteiger partial charge >= 0.3 is 0 Å². The molecular formula is C16H28O3SSi. The van der Waals surface area contributed by atoms with Gasteiger partial charge in [-0.05, 0) is 36.5 Å². The first-order valence-corrected chi connectivity index (χ1v) is 12.1. The minimum Gasteiger partial charge on any atom is -0.403 e. The fourth-order valence-electron chi connectivity index (χ4n) is 1.65. The molecule has 120 valence electrons. The van der Waals surface area contributed by atoms with Gasteiger partial charge in [0.05, 0.1) is 5.75 Å². The van der Waals surface area contributed by atoms with Gasteiger partial charge in [-0.15, -0.1) is 0 Å². The van der Waals surface area contributed by atoms with Crippen molar-refractivity contribution >= 4 is 18.2 Å². The van der Waals surface area contributed by atoms with Gasteiger partial charge < -0.3 is 4.43 Å². The highest BCUT2D eigenvalue weighted by atomic mass is 32.2. The maximum atomic E-state index is 12.1. The predicted octanol–water partition coefficient (Wildman–Crippen LogP) is 4.01. The summed E-state index contributed by atoms with van der Waals surface area (Å²) < 4.78 is 30.0. The van der Waals surface area contributed by atoms with Crippen molar-refractivity contribution in [1.82, 2.24) is 0 Å². The first-order valence-electron chi connectivity index (χ1n) is 7.42. The lowest BCUT2D eigenvalue weighted by molar-refractivity contribution is 0.341. The van der Waals surface area contributed by atoms with Crippen LogP contribution in [0.1, 0.15) is 32.8 Å². The summed E-state index contributed by atoms with van der Waals surface area (Å²) in [6.07, 6.45) is 1.44. The molecule has 0 aliphatic carbocycles. The van der Waals surface area contributed by atoms with Gasteiger partial charge in [-0.2, -0.15) is 0 Å². The highest BCUT2D eigenvalue weighted by molar-refractivity contribution is 7.91. The molecule has 3 nitrogen and oxygen atoms in total. The average Bonchev–Trinajstić information content (AvgIpc) is 2.36. The van der Waals surface area contributed by atoms with Crippen LogP contribution in [-0.4, -0.2) is 28.4 Å². The molecular weight excluding hydrogens is 300 g/mol. The Hall–Kier alpha value is -0.653. The van der Waals surface area contributed by atoms with Crippen LogP contribution < -0.4 is 0 Å². The molecule has 0 saturated carbocycles. The second-order valence-corrected chi connectivity index (χ2v) is 14.0. The van der Waals surface area contributed by atoms with E-state index in [1.165, 1.54) is 5.56 Å². The fraction of sp³-hybridized carbons (Fsp3) is 0.625. The minimum absolute atomic E-state index is 0.0343. The summed E-state index contributed by atoms with van der Waals surface area (Å²) in [7, 11) is -5.13. The number of hydrogen-bond acceptors (Lipinski definition) is 3. The predicted molar refractivity (Wildman–Crippen MR) is 91.7 cm³/mol. The van der Waals surface area contributed by atoms with Crippen molar-refractivity contribution in [3.63, 3.8) is 0 Å². The van der Waals surface area contributed by atoms with Crippen LogP contribution in [0, 0.1) is 0 Å². The van der Waals surface area contributed by atoms with Gasteiger partial charge in [-0.25, -0.2) is 8.42 Å². The number of benzene rings is 1. The Morgan fingerprint density at radius 2 is 1.67 bits per heavy atom. The smallest absolute Gasteiger partial charge is 0.193 e. The summed E-state index contributed by atoms with van der Waals surface area (Å²) in [6.45, 7) is 10.5. The number of aryl methyl sites for hydroxylation is 1. The maximum Gasteiger partial charge on any atom is 0.193 e. The van der Waals surface area contributed by atoms with E-state index in [-0.39, 0.29) is 16.7 Å². The number of rotatable bonds is 7. The van der Waals surface area contributed by atoms with Gasteiger partial charge in [-0.3, -0.25) is 0 Å². The molecule has 0 amide bonds. The van der Waals surface area contributed by atoms with Crippen LogP contribution in [0.15, 0.2) is 30.3 Å². The molecule has 21 heavy (non-hydrogen) atoms. The van der Waals surface area contributed by atoms with Gasteiger partial charge in [-0.1, -0.05) is 51.1 Å². The van der Waals surface area contributed by atoms with Gasteiger partial charge in [0.15, 0.2) is 18.2 Å². The van der Waals surface area contributed by atoms with E-state index in [0.29, 0.717) is 6.42 Å². The average molecular weight is 329 g/mol. The molecule has 1 aromatic rings. The lowest BCUT2D eigenvalue weighted by Gasteiger charge is -2.35. The van der Waals surface area contributed by atoms with Crippen molar-refractivity contribution in [3.05, 3.63) is 35.9 Å². The van der Waals surface area contributed by atoms with Crippen molar-refractivity contribution in [1.29, 1.82) is 0 Å². The Morgan fingerprint density at radius 3 is 2.19 bits per heavy atom. The first kappa shape index (κ1) is 18.4. The van der Waals surface area contributed by atoms with Crippen LogP contribution in [0.5, 0.6) is 0 Å². The van der Waals surface area contributed by atoms with E-state index in [4.69, 9.17) is 4.43 Å². The number of sulfone groups is 1. The quantitative estimate of drug-likeness (QED) is 0.710. The van der Waals surface area contributed by atoms with Gasteiger partial charge in [0, 0.05) is 0 Å². The van der Waals surface area contributed by atoms with E-state index in [1.807, 2.05) is 30.3 Å². The highest BCUT2D eigenvalue weighted by Gasteiger charge is 2.38. The maximum absolute atomic E-state index is 12.1. The molecule has 5 heteroatoms. The molecule has 0 aliphatic rings. The van der Waals surface area contributed by atoms with Crippen LogP contribution in [0.4, 0.5) is 0 Å². The summed E-state index contributed by atoms with van der Waals surface area (Å²) in [5.74, 6) is 0.0504. The van der Waals surface area contributed by atoms with E-state index in [2.05, 4.69) is 33.9 Å². The standard InChI is InChI=1S/C16H28O3SSi/c1-16(2,3)21(4,5)19-14-20(17,18)13-9-12-15-10-7-6-8-11-15/h6-8,10-11H,9,12-14H2,1-5H3. The molecule has 0 atom stereocenters. The number of hydrogen-bond donors (Lipinski definition) is 0. The van der Waals surface area contributed by atoms with Crippen molar-refractivity contribution in [2.24, 2.45) is 0 Å². The lowest BCUT2D eigenvalue weighted by Crippen LogP contribution is -2.42. The van der Waals surface area contributed by atoms with E-state index < -0.39 is 18.2 Å². The third-order valence-corrected chi connectivity index (χ3v) is 10.2. The summed E-state index contributed by atoms with van der Waals surface area (Å²) in [5, 5.41) is 0.0343. The van der Waals surface area contributed by atoms with Crippen LogP contribution in [0.3, 0.4) is 0 Å². The SMILES string of the molecule is CC(C)(C)[Si](C)(C)OCS(=O)(=O)CCCc1ccccc1. The van der Waals surface area contributed by atoms with Crippen LogP contribution in [0.2, 0.25) is 18.1 Å². The molecule has 0 heterocycles. The van der Waals surface area contributed by atoms with E-state index in [1.54, 1.807) is 0 Å². The van der Waals surface area contributed by atoms with E-state index in [0.717, 1.165) is 6.42 Å². The van der Waals surface area contributed by atoms with Crippen molar-refractivity contribution in [2.75, 3.05) is 11.7 Å². The van der Waals surface area contributed by atoms with Gasteiger partial charge in [0.1, 0.15) is 5.94 Å². The molecule has 0 saturated heterocycles. The molecule has 0 aliphatic heterocycles. The highest BCUT2D eigenvalue weighted by Crippen LogP contribution is 2.36. The van der Waals surface area contributed by atoms with Crippen molar-refractivity contribution in [2.45, 2.75) is 51.7 Å². The monoisotopic (exact) mass is 328 g/mol. The molecule has 0 N–H and O–H groups in total. The summed E-state index contributed by atoms with van der Waals surface area (Å²) >= 11 is 0. The topological polar surface area (TPSA) is 43.4 Å². The zero-order valence-corrected chi connectivity index (χ0v) is 15.7. The molecule has 0 aromatic heterocycles. The van der Waals surface area contributed by atoms with Crippen LogP contribution in [0.25, 0.3) is 0 Å². The van der Waals surface area contributed by atoms with Crippen LogP contribution >= 0.6 is 0 Å². The third-order valence-electron chi connectivity index (χ3n) is 4.17. The summed E-state index contributed by atoms with van der Waals surface area (Å²) in [4.78, 5) is 0. The Morgan fingerprint density at radius 1 is 1.10 bits per heavy atom. The lowest BCUT2D eigenvalue weighted by atomic mass is 10.1. The molecule has 0 spiro atoms. The Balaban J connectivity index is 2.44. The van der Waals surface area contributed by atoms with Crippen LogP contribution in [-0.2, 0) is 20.7 Å². The molecule has 0 unspecified atom stereocenters. The van der Waals surface area contributed by atoms with Crippen molar-refractivity contribution in [3.8, 4) is 0 Å². The Labute approximate surface area is 130 Å². The molecule has 0 bridgehead atoms. The Kier molecular flexibility index (Phi) is 6.19. The zero-order valence-electron chi connectivity index (χ0n) is 13.8. The molecule has 1 rings (SSSR count). The minimum atomic E-state index is -3.13. The Bertz CT molecular complexity index is 530. The summed E-state index contributed by atoms with van der Waals surface area (Å²) in [5.41, 5.74) is 1.18. The van der Waals surface area contributed by atoms with Crippen molar-refractivity contribution < 1.29 is 12.8 Å².